The number of aromatic amines is 1. The summed E-state index contributed by atoms with van der Waals surface area (Å²) in [7, 11) is 3.45. The first-order valence-electron chi connectivity index (χ1n) is 7.91. The van der Waals surface area contributed by atoms with Gasteiger partial charge >= 0.3 is 0 Å². The maximum absolute atomic E-state index is 11.6. The SMILES string of the molecule is CCNC(=NCc1ncc(-c2ccccc2)[nH]1)NCC(=O)N(C)C. The fourth-order valence-electron chi connectivity index (χ4n) is 2.02. The number of hydrogen-bond donors (Lipinski definition) is 3. The van der Waals surface area contributed by atoms with Crippen molar-refractivity contribution in [3.05, 3.63) is 42.4 Å². The molecule has 0 unspecified atom stereocenters. The van der Waals surface area contributed by atoms with E-state index in [1.807, 2.05) is 37.3 Å². The molecule has 0 fully saturated rings. The molecule has 3 N–H and O–H groups in total. The topological polar surface area (TPSA) is 85.4 Å². The Kier molecular flexibility index (Phi) is 6.36. The molecule has 7 nitrogen and oxygen atoms in total. The van der Waals surface area contributed by atoms with Crippen molar-refractivity contribution in [1.29, 1.82) is 0 Å². The van der Waals surface area contributed by atoms with Crippen LogP contribution in [0.2, 0.25) is 0 Å². The lowest BCUT2D eigenvalue weighted by atomic mass is 10.2. The third kappa shape index (κ3) is 5.12. The molecule has 0 aliphatic heterocycles. The van der Waals surface area contributed by atoms with Gasteiger partial charge in [-0.25, -0.2) is 9.98 Å². The highest BCUT2D eigenvalue weighted by Gasteiger charge is 2.06. The van der Waals surface area contributed by atoms with Crippen LogP contribution < -0.4 is 10.6 Å². The number of aromatic nitrogens is 2. The summed E-state index contributed by atoms with van der Waals surface area (Å²) in [5.41, 5.74) is 2.04. The summed E-state index contributed by atoms with van der Waals surface area (Å²) in [6, 6.07) is 10.0. The van der Waals surface area contributed by atoms with Crippen molar-refractivity contribution in [3.63, 3.8) is 0 Å². The number of amides is 1. The Morgan fingerprint density at radius 1 is 1.25 bits per heavy atom. The zero-order valence-electron chi connectivity index (χ0n) is 14.3. The molecule has 1 aromatic carbocycles. The Hall–Kier alpha value is -2.83. The van der Waals surface area contributed by atoms with E-state index >= 15 is 0 Å². The van der Waals surface area contributed by atoms with E-state index in [1.165, 1.54) is 4.90 Å². The van der Waals surface area contributed by atoms with Crippen LogP contribution in [0.25, 0.3) is 11.3 Å². The second kappa shape index (κ2) is 8.71. The summed E-state index contributed by atoms with van der Waals surface area (Å²) in [5, 5.41) is 6.13. The van der Waals surface area contributed by atoms with E-state index in [2.05, 4.69) is 25.6 Å². The van der Waals surface area contributed by atoms with Gasteiger partial charge in [0.15, 0.2) is 5.96 Å². The molecule has 0 saturated carbocycles. The summed E-state index contributed by atoms with van der Waals surface area (Å²) in [6.07, 6.45) is 1.80. The van der Waals surface area contributed by atoms with Crippen molar-refractivity contribution < 1.29 is 4.79 Å². The molecule has 7 heteroatoms. The van der Waals surface area contributed by atoms with Crippen LogP contribution >= 0.6 is 0 Å². The first-order valence-corrected chi connectivity index (χ1v) is 7.91. The molecular formula is C17H24N6O. The second-order valence-electron chi connectivity index (χ2n) is 5.45. The van der Waals surface area contributed by atoms with Gasteiger partial charge in [0.25, 0.3) is 0 Å². The van der Waals surface area contributed by atoms with Gasteiger partial charge < -0.3 is 20.5 Å². The van der Waals surface area contributed by atoms with E-state index in [9.17, 15) is 4.79 Å². The highest BCUT2D eigenvalue weighted by atomic mass is 16.2. The molecule has 1 heterocycles. The van der Waals surface area contributed by atoms with Gasteiger partial charge in [0.1, 0.15) is 12.4 Å². The maximum atomic E-state index is 11.6. The molecular weight excluding hydrogens is 304 g/mol. The van der Waals surface area contributed by atoms with Gasteiger partial charge in [-0.1, -0.05) is 30.3 Å². The highest BCUT2D eigenvalue weighted by Crippen LogP contribution is 2.16. The lowest BCUT2D eigenvalue weighted by molar-refractivity contribution is -0.127. The van der Waals surface area contributed by atoms with Gasteiger partial charge in [-0.2, -0.15) is 0 Å². The monoisotopic (exact) mass is 328 g/mol. The third-order valence-corrected chi connectivity index (χ3v) is 3.35. The summed E-state index contributed by atoms with van der Waals surface area (Å²) in [4.78, 5) is 25.3. The predicted molar refractivity (Wildman–Crippen MR) is 95.5 cm³/mol. The van der Waals surface area contributed by atoms with Gasteiger partial charge in [-0.15, -0.1) is 0 Å². The Morgan fingerprint density at radius 3 is 2.67 bits per heavy atom. The van der Waals surface area contributed by atoms with Crippen molar-refractivity contribution in [2.75, 3.05) is 27.2 Å². The Bertz CT molecular complexity index is 677. The van der Waals surface area contributed by atoms with Crippen LogP contribution in [0.5, 0.6) is 0 Å². The van der Waals surface area contributed by atoms with Crippen LogP contribution in [-0.4, -0.2) is 53.9 Å². The van der Waals surface area contributed by atoms with Gasteiger partial charge in [0, 0.05) is 20.6 Å². The van der Waals surface area contributed by atoms with Crippen molar-refractivity contribution >= 4 is 11.9 Å². The number of likely N-dealkylation sites (N-methyl/N-ethyl adjacent to an activating group) is 1. The van der Waals surface area contributed by atoms with Crippen molar-refractivity contribution in [3.8, 4) is 11.3 Å². The normalized spacial score (nSPS) is 11.2. The summed E-state index contributed by atoms with van der Waals surface area (Å²) >= 11 is 0. The number of guanidine groups is 1. The van der Waals surface area contributed by atoms with Crippen molar-refractivity contribution in [1.82, 2.24) is 25.5 Å². The first kappa shape index (κ1) is 17.5. The minimum Gasteiger partial charge on any atom is -0.357 e. The summed E-state index contributed by atoms with van der Waals surface area (Å²) < 4.78 is 0. The minimum atomic E-state index is -0.00929. The number of carbonyl (C=O) groups excluding carboxylic acids is 1. The lowest BCUT2D eigenvalue weighted by Gasteiger charge is -2.13. The molecule has 0 saturated heterocycles. The Morgan fingerprint density at radius 2 is 2.00 bits per heavy atom. The molecule has 2 rings (SSSR count). The maximum Gasteiger partial charge on any atom is 0.241 e. The average Bonchev–Trinajstić information content (AvgIpc) is 3.06. The molecule has 1 amide bonds. The molecule has 0 bridgehead atoms. The molecule has 0 aliphatic carbocycles. The number of H-pyrrole nitrogens is 1. The van der Waals surface area contributed by atoms with E-state index in [4.69, 9.17) is 0 Å². The van der Waals surface area contributed by atoms with Crippen LogP contribution in [0.3, 0.4) is 0 Å². The molecule has 0 radical (unpaired) electrons. The number of carbonyl (C=O) groups is 1. The van der Waals surface area contributed by atoms with Crippen LogP contribution in [0.4, 0.5) is 0 Å². The Labute approximate surface area is 142 Å². The van der Waals surface area contributed by atoms with E-state index in [1.54, 1.807) is 20.3 Å². The molecule has 128 valence electrons. The first-order chi connectivity index (χ1) is 11.6. The lowest BCUT2D eigenvalue weighted by Crippen LogP contribution is -2.42. The zero-order chi connectivity index (χ0) is 17.4. The second-order valence-corrected chi connectivity index (χ2v) is 5.45. The number of nitrogens with zero attached hydrogens (tertiary/aromatic N) is 3. The van der Waals surface area contributed by atoms with E-state index in [-0.39, 0.29) is 12.5 Å². The molecule has 1 aromatic heterocycles. The van der Waals surface area contributed by atoms with Gasteiger partial charge in [-0.3, -0.25) is 4.79 Å². The Balaban J connectivity index is 1.98. The number of nitrogens with one attached hydrogen (secondary N) is 3. The van der Waals surface area contributed by atoms with E-state index < -0.39 is 0 Å². The zero-order valence-corrected chi connectivity index (χ0v) is 14.3. The van der Waals surface area contributed by atoms with Crippen molar-refractivity contribution in [2.45, 2.75) is 13.5 Å². The quantitative estimate of drug-likeness (QED) is 0.550. The van der Waals surface area contributed by atoms with Gasteiger partial charge in [0.05, 0.1) is 18.4 Å². The van der Waals surface area contributed by atoms with Gasteiger partial charge in [0.2, 0.25) is 5.91 Å². The highest BCUT2D eigenvalue weighted by molar-refractivity contribution is 5.86. The average molecular weight is 328 g/mol. The number of imidazole rings is 1. The van der Waals surface area contributed by atoms with E-state index in [0.29, 0.717) is 12.5 Å². The molecule has 0 atom stereocenters. The third-order valence-electron chi connectivity index (χ3n) is 3.35. The molecule has 0 aliphatic rings. The predicted octanol–water partition coefficient (Wildman–Crippen LogP) is 1.22. The minimum absolute atomic E-state index is 0.00929. The smallest absolute Gasteiger partial charge is 0.241 e. The number of aliphatic imine (C=N–C) groups is 1. The number of hydrogen-bond acceptors (Lipinski definition) is 3. The number of rotatable bonds is 6. The van der Waals surface area contributed by atoms with E-state index in [0.717, 1.165) is 23.6 Å². The number of benzene rings is 1. The standard InChI is InChI=1S/C17H24N6O/c1-4-18-17(21-12-16(24)23(2)3)20-11-15-19-10-14(22-15)13-8-6-5-7-9-13/h5-10H,4,11-12H2,1-3H3,(H,19,22)(H2,18,20,21). The van der Waals surface area contributed by atoms with Gasteiger partial charge in [-0.05, 0) is 12.5 Å². The van der Waals surface area contributed by atoms with Crippen LogP contribution in [0.1, 0.15) is 12.7 Å². The van der Waals surface area contributed by atoms with Crippen molar-refractivity contribution in [2.24, 2.45) is 4.99 Å². The fraction of sp³-hybridized carbons (Fsp3) is 0.353. The molecule has 24 heavy (non-hydrogen) atoms. The molecule has 2 aromatic rings. The fourth-order valence-corrected chi connectivity index (χ4v) is 2.02. The van der Waals surface area contributed by atoms with Crippen LogP contribution in [0.15, 0.2) is 41.5 Å². The summed E-state index contributed by atoms with van der Waals surface area (Å²) in [5.74, 6) is 1.35. The summed E-state index contributed by atoms with van der Waals surface area (Å²) in [6.45, 7) is 3.30. The van der Waals surface area contributed by atoms with Crippen LogP contribution in [0, 0.1) is 0 Å². The largest absolute Gasteiger partial charge is 0.357 e. The molecule has 0 spiro atoms. The van der Waals surface area contributed by atoms with Crippen LogP contribution in [-0.2, 0) is 11.3 Å².